The summed E-state index contributed by atoms with van der Waals surface area (Å²) in [6, 6.07) is 9.77. The molecule has 106 valence electrons. The normalized spacial score (nSPS) is 11.0. The molecule has 0 bridgehead atoms. The van der Waals surface area contributed by atoms with Gasteiger partial charge in [0.2, 0.25) is 0 Å². The molecule has 0 atom stereocenters. The van der Waals surface area contributed by atoms with E-state index in [1.807, 2.05) is 6.92 Å². The second-order valence-electron chi connectivity index (χ2n) is 4.71. The third-order valence-electron chi connectivity index (χ3n) is 3.25. The lowest BCUT2D eigenvalue weighted by molar-refractivity contribution is 0.474. The molecule has 3 aromatic rings. The molecule has 1 N–H and O–H groups in total. The predicted octanol–water partition coefficient (Wildman–Crippen LogP) is 4.89. The summed E-state index contributed by atoms with van der Waals surface area (Å²) in [7, 11) is 0. The van der Waals surface area contributed by atoms with Gasteiger partial charge in [-0.25, -0.2) is 0 Å². The smallest absolute Gasteiger partial charge is 0.193 e. The number of aromatic hydroxyl groups is 1. The second-order valence-corrected chi connectivity index (χ2v) is 5.97. The Labute approximate surface area is 133 Å². The summed E-state index contributed by atoms with van der Waals surface area (Å²) in [5, 5.41) is 11.0. The number of para-hydroxylation sites is 1. The summed E-state index contributed by atoms with van der Waals surface area (Å²) in [6.45, 7) is 1.82. The van der Waals surface area contributed by atoms with Gasteiger partial charge in [0.1, 0.15) is 11.5 Å². The summed E-state index contributed by atoms with van der Waals surface area (Å²) in [5.74, 6) is 0.275. The van der Waals surface area contributed by atoms with Crippen LogP contribution in [-0.4, -0.2) is 5.11 Å². The molecule has 2 aromatic carbocycles. The van der Waals surface area contributed by atoms with Crippen LogP contribution in [0.5, 0.6) is 5.75 Å². The van der Waals surface area contributed by atoms with Crippen LogP contribution in [0.1, 0.15) is 5.56 Å². The Hall–Kier alpha value is -1.78. The van der Waals surface area contributed by atoms with Crippen molar-refractivity contribution in [3.05, 3.63) is 61.7 Å². The third kappa shape index (κ3) is 2.45. The molecule has 0 spiro atoms. The number of hydrogen-bond acceptors (Lipinski definition) is 3. The van der Waals surface area contributed by atoms with E-state index < -0.39 is 0 Å². The van der Waals surface area contributed by atoms with Gasteiger partial charge >= 0.3 is 0 Å². The lowest BCUT2D eigenvalue weighted by Gasteiger charge is -2.08. The minimum Gasteiger partial charge on any atom is -0.507 e. The fourth-order valence-corrected chi connectivity index (χ4v) is 2.75. The van der Waals surface area contributed by atoms with Crippen LogP contribution in [0, 0.1) is 6.92 Å². The van der Waals surface area contributed by atoms with E-state index in [-0.39, 0.29) is 11.2 Å². The number of benzene rings is 2. The molecule has 0 aliphatic carbocycles. The summed E-state index contributed by atoms with van der Waals surface area (Å²) in [4.78, 5) is 12.2. The van der Waals surface area contributed by atoms with E-state index in [1.54, 1.807) is 24.3 Å². The van der Waals surface area contributed by atoms with Crippen molar-refractivity contribution in [3.63, 3.8) is 0 Å². The molecule has 0 aliphatic heterocycles. The average molecular weight is 366 g/mol. The molecule has 0 aliphatic rings. The van der Waals surface area contributed by atoms with Crippen molar-refractivity contribution < 1.29 is 9.52 Å². The van der Waals surface area contributed by atoms with Gasteiger partial charge in [0.15, 0.2) is 11.0 Å². The van der Waals surface area contributed by atoms with Crippen LogP contribution in [-0.2, 0) is 0 Å². The van der Waals surface area contributed by atoms with Gasteiger partial charge in [-0.15, -0.1) is 0 Å². The highest BCUT2D eigenvalue weighted by Crippen LogP contribution is 2.35. The molecule has 0 saturated carbocycles. The standard InChI is InChI=1S/C16H10BrClO3/c1-8-5-10(13(19)6-12(8)18)15-7-14(20)9-3-2-4-11(17)16(9)21-15/h2-7,19H,1H3. The van der Waals surface area contributed by atoms with E-state index in [1.165, 1.54) is 12.1 Å². The number of aryl methyl sites for hydroxylation is 1. The maximum absolute atomic E-state index is 12.2. The largest absolute Gasteiger partial charge is 0.507 e. The molecule has 3 rings (SSSR count). The summed E-state index contributed by atoms with van der Waals surface area (Å²) in [5.41, 5.74) is 1.51. The molecule has 0 radical (unpaired) electrons. The SMILES string of the molecule is Cc1cc(-c2cc(=O)c3cccc(Br)c3o2)c(O)cc1Cl. The van der Waals surface area contributed by atoms with Gasteiger partial charge in [-0.2, -0.15) is 0 Å². The van der Waals surface area contributed by atoms with Crippen molar-refractivity contribution in [2.45, 2.75) is 6.92 Å². The second kappa shape index (κ2) is 5.20. The number of phenolic OH excluding ortho intramolecular Hbond substituents is 1. The van der Waals surface area contributed by atoms with E-state index >= 15 is 0 Å². The first-order valence-corrected chi connectivity index (χ1v) is 7.36. The third-order valence-corrected chi connectivity index (χ3v) is 4.28. The van der Waals surface area contributed by atoms with Crippen molar-refractivity contribution in [3.8, 4) is 17.1 Å². The summed E-state index contributed by atoms with van der Waals surface area (Å²) < 4.78 is 6.47. The molecule has 0 amide bonds. The van der Waals surface area contributed by atoms with Crippen LogP contribution in [0.3, 0.4) is 0 Å². The minimum absolute atomic E-state index is 0.0276. The molecule has 0 saturated heterocycles. The van der Waals surface area contributed by atoms with Crippen LogP contribution < -0.4 is 5.43 Å². The monoisotopic (exact) mass is 364 g/mol. The number of rotatable bonds is 1. The molecule has 21 heavy (non-hydrogen) atoms. The van der Waals surface area contributed by atoms with Crippen molar-refractivity contribution >= 4 is 38.5 Å². The van der Waals surface area contributed by atoms with E-state index in [0.29, 0.717) is 31.8 Å². The van der Waals surface area contributed by atoms with Gasteiger partial charge in [-0.1, -0.05) is 17.7 Å². The number of hydrogen-bond donors (Lipinski definition) is 1. The van der Waals surface area contributed by atoms with Gasteiger partial charge in [0.05, 0.1) is 15.4 Å². The lowest BCUT2D eigenvalue weighted by atomic mass is 10.1. The molecule has 1 heterocycles. The van der Waals surface area contributed by atoms with Crippen LogP contribution >= 0.6 is 27.5 Å². The Morgan fingerprint density at radius 1 is 1.24 bits per heavy atom. The first-order valence-electron chi connectivity index (χ1n) is 6.19. The summed E-state index contributed by atoms with van der Waals surface area (Å²) >= 11 is 9.33. The zero-order chi connectivity index (χ0) is 15.1. The molecule has 3 nitrogen and oxygen atoms in total. The molecule has 5 heteroatoms. The fraction of sp³-hybridized carbons (Fsp3) is 0.0625. The Bertz CT molecular complexity index is 915. The van der Waals surface area contributed by atoms with Gasteiger partial charge in [0, 0.05) is 11.1 Å². The highest BCUT2D eigenvalue weighted by Gasteiger charge is 2.13. The van der Waals surface area contributed by atoms with E-state index in [9.17, 15) is 9.90 Å². The van der Waals surface area contributed by atoms with Crippen molar-refractivity contribution in [2.75, 3.05) is 0 Å². The molecule has 0 fully saturated rings. The van der Waals surface area contributed by atoms with E-state index in [4.69, 9.17) is 16.0 Å². The van der Waals surface area contributed by atoms with Gasteiger partial charge < -0.3 is 9.52 Å². The lowest BCUT2D eigenvalue weighted by Crippen LogP contribution is -2.00. The highest BCUT2D eigenvalue weighted by molar-refractivity contribution is 9.10. The van der Waals surface area contributed by atoms with Gasteiger partial charge in [0.25, 0.3) is 0 Å². The Kier molecular flexibility index (Phi) is 3.51. The van der Waals surface area contributed by atoms with Crippen molar-refractivity contribution in [1.82, 2.24) is 0 Å². The van der Waals surface area contributed by atoms with Crippen LogP contribution in [0.15, 0.2) is 50.1 Å². The minimum atomic E-state index is -0.167. The highest BCUT2D eigenvalue weighted by atomic mass is 79.9. The van der Waals surface area contributed by atoms with Gasteiger partial charge in [-0.05, 0) is 52.7 Å². The quantitative estimate of drug-likeness (QED) is 0.668. The number of fused-ring (bicyclic) bond motifs is 1. The van der Waals surface area contributed by atoms with Crippen LogP contribution in [0.2, 0.25) is 5.02 Å². The molecule has 0 unspecified atom stereocenters. The number of phenols is 1. The topological polar surface area (TPSA) is 50.4 Å². The Morgan fingerprint density at radius 2 is 2.00 bits per heavy atom. The zero-order valence-corrected chi connectivity index (χ0v) is 13.3. The summed E-state index contributed by atoms with van der Waals surface area (Å²) in [6.07, 6.45) is 0. The maximum atomic E-state index is 12.2. The van der Waals surface area contributed by atoms with Crippen molar-refractivity contribution in [2.24, 2.45) is 0 Å². The van der Waals surface area contributed by atoms with Crippen molar-refractivity contribution in [1.29, 1.82) is 0 Å². The molecule has 1 aromatic heterocycles. The first kappa shape index (κ1) is 14.2. The molecular weight excluding hydrogens is 356 g/mol. The Balaban J connectivity index is 2.34. The maximum Gasteiger partial charge on any atom is 0.193 e. The fourth-order valence-electron chi connectivity index (χ4n) is 2.14. The molecular formula is C16H10BrClO3. The first-order chi connectivity index (χ1) is 9.97. The predicted molar refractivity (Wildman–Crippen MR) is 87.0 cm³/mol. The number of halogens is 2. The van der Waals surface area contributed by atoms with E-state index in [0.717, 1.165) is 5.56 Å². The zero-order valence-electron chi connectivity index (χ0n) is 11.0. The Morgan fingerprint density at radius 3 is 2.76 bits per heavy atom. The van der Waals surface area contributed by atoms with Gasteiger partial charge in [-0.3, -0.25) is 4.79 Å². The average Bonchev–Trinajstić information content (AvgIpc) is 2.44. The van der Waals surface area contributed by atoms with E-state index in [2.05, 4.69) is 15.9 Å². The van der Waals surface area contributed by atoms with Crippen LogP contribution in [0.25, 0.3) is 22.3 Å². The van der Waals surface area contributed by atoms with Crippen LogP contribution in [0.4, 0.5) is 0 Å².